The summed E-state index contributed by atoms with van der Waals surface area (Å²) >= 11 is 0. The van der Waals surface area contributed by atoms with Crippen molar-refractivity contribution in [1.82, 2.24) is 15.1 Å². The molecule has 0 fully saturated rings. The average molecular weight is 342 g/mol. The first-order chi connectivity index (χ1) is 11.8. The number of fused-ring (bicyclic) bond motifs is 1. The van der Waals surface area contributed by atoms with E-state index < -0.39 is 17.4 Å². The van der Waals surface area contributed by atoms with E-state index in [9.17, 15) is 9.59 Å². The van der Waals surface area contributed by atoms with Crippen LogP contribution in [0.1, 0.15) is 30.7 Å². The van der Waals surface area contributed by atoms with Crippen LogP contribution in [0.25, 0.3) is 0 Å². The van der Waals surface area contributed by atoms with Crippen LogP contribution in [0.2, 0.25) is 0 Å². The minimum atomic E-state index is -1.61. The largest absolute Gasteiger partial charge is 0.466 e. The highest BCUT2D eigenvalue weighted by Gasteiger charge is 2.47. The van der Waals surface area contributed by atoms with Gasteiger partial charge in [0.25, 0.3) is 17.4 Å². The van der Waals surface area contributed by atoms with E-state index in [0.29, 0.717) is 11.4 Å². The number of aromatic nitrogens is 2. The maximum Gasteiger partial charge on any atom is 0.278 e. The van der Waals surface area contributed by atoms with Gasteiger partial charge in [-0.15, -0.1) is 0 Å². The van der Waals surface area contributed by atoms with Gasteiger partial charge in [-0.25, -0.2) is 0 Å². The molecule has 2 amide bonds. The lowest BCUT2D eigenvalue weighted by molar-refractivity contribution is -0.146. The van der Waals surface area contributed by atoms with Gasteiger partial charge in [-0.05, 0) is 45.4 Å². The third kappa shape index (κ3) is 3.09. The zero-order valence-corrected chi connectivity index (χ0v) is 14.8. The third-order valence-corrected chi connectivity index (χ3v) is 4.38. The van der Waals surface area contributed by atoms with Gasteiger partial charge in [0.2, 0.25) is 0 Å². The molecule has 2 heterocycles. The summed E-state index contributed by atoms with van der Waals surface area (Å²) in [5, 5.41) is 9.88. The first kappa shape index (κ1) is 17.0. The van der Waals surface area contributed by atoms with Gasteiger partial charge in [-0.3, -0.25) is 14.3 Å². The lowest BCUT2D eigenvalue weighted by atomic mass is 10.0. The Hall–Kier alpha value is -2.83. The molecular formula is C18H22N4O3. The van der Waals surface area contributed by atoms with Crippen molar-refractivity contribution >= 4 is 17.5 Å². The highest BCUT2D eigenvalue weighted by molar-refractivity contribution is 6.15. The summed E-state index contributed by atoms with van der Waals surface area (Å²) in [6.45, 7) is 8.33. The maximum absolute atomic E-state index is 12.6. The Labute approximate surface area is 146 Å². The molecule has 1 atom stereocenters. The minimum Gasteiger partial charge on any atom is -0.466 e. The molecule has 1 unspecified atom stereocenters. The number of ether oxygens (including phenoxy) is 1. The van der Waals surface area contributed by atoms with E-state index >= 15 is 0 Å². The fourth-order valence-corrected chi connectivity index (χ4v) is 2.73. The second-order valence-electron chi connectivity index (χ2n) is 6.37. The quantitative estimate of drug-likeness (QED) is 0.832. The molecule has 1 aliphatic rings. The standard InChI is InChI=1S/C18H22N4O3/c1-5-22-10-13(12(3)21-22)9-19-16(23)18(4)17(24)20-14-8-11(2)6-7-15(14)25-18/h6-8,10H,5,9H2,1-4H3,(H,19,23)(H,20,24). The molecule has 1 aromatic heterocycles. The summed E-state index contributed by atoms with van der Waals surface area (Å²) in [6.07, 6.45) is 1.89. The Morgan fingerprint density at radius 3 is 2.84 bits per heavy atom. The van der Waals surface area contributed by atoms with E-state index in [1.165, 1.54) is 6.92 Å². The number of aryl methyl sites for hydroxylation is 3. The zero-order chi connectivity index (χ0) is 18.2. The number of amides is 2. The Balaban J connectivity index is 1.75. The van der Waals surface area contributed by atoms with Crippen LogP contribution in [0.3, 0.4) is 0 Å². The van der Waals surface area contributed by atoms with Crippen LogP contribution in [0.4, 0.5) is 5.69 Å². The second kappa shape index (κ2) is 6.23. The molecule has 0 bridgehead atoms. The van der Waals surface area contributed by atoms with E-state index in [1.54, 1.807) is 10.7 Å². The predicted octanol–water partition coefficient (Wildman–Crippen LogP) is 1.93. The number of carbonyl (C=O) groups excluding carboxylic acids is 2. The maximum atomic E-state index is 12.6. The van der Waals surface area contributed by atoms with Crippen LogP contribution in [0, 0.1) is 13.8 Å². The molecule has 1 aliphatic heterocycles. The number of benzene rings is 1. The fourth-order valence-electron chi connectivity index (χ4n) is 2.73. The third-order valence-electron chi connectivity index (χ3n) is 4.38. The number of anilines is 1. The molecule has 0 spiro atoms. The molecule has 1 aromatic carbocycles. The molecule has 0 saturated carbocycles. The molecule has 0 aliphatic carbocycles. The van der Waals surface area contributed by atoms with Crippen molar-refractivity contribution in [2.24, 2.45) is 0 Å². The van der Waals surface area contributed by atoms with Crippen molar-refractivity contribution < 1.29 is 14.3 Å². The SMILES string of the molecule is CCn1cc(CNC(=O)C2(C)Oc3ccc(C)cc3NC2=O)c(C)n1. The van der Waals surface area contributed by atoms with Gasteiger partial charge < -0.3 is 15.4 Å². The smallest absolute Gasteiger partial charge is 0.278 e. The van der Waals surface area contributed by atoms with Gasteiger partial charge in [-0.1, -0.05) is 6.07 Å². The average Bonchev–Trinajstić information content (AvgIpc) is 2.94. The van der Waals surface area contributed by atoms with Crippen molar-refractivity contribution in [3.63, 3.8) is 0 Å². The summed E-state index contributed by atoms with van der Waals surface area (Å²) in [6, 6.07) is 5.44. The van der Waals surface area contributed by atoms with Crippen molar-refractivity contribution in [2.45, 2.75) is 46.4 Å². The van der Waals surface area contributed by atoms with E-state index in [0.717, 1.165) is 23.4 Å². The molecule has 7 heteroatoms. The van der Waals surface area contributed by atoms with Crippen LogP contribution >= 0.6 is 0 Å². The van der Waals surface area contributed by atoms with Crippen molar-refractivity contribution in [2.75, 3.05) is 5.32 Å². The van der Waals surface area contributed by atoms with Gasteiger partial charge in [0.15, 0.2) is 0 Å². The van der Waals surface area contributed by atoms with Crippen LogP contribution < -0.4 is 15.4 Å². The first-order valence-corrected chi connectivity index (χ1v) is 8.26. The Bertz CT molecular complexity index is 843. The highest BCUT2D eigenvalue weighted by Crippen LogP contribution is 2.34. The summed E-state index contributed by atoms with van der Waals surface area (Å²) in [5.74, 6) is -0.484. The van der Waals surface area contributed by atoms with Crippen LogP contribution in [-0.2, 0) is 22.7 Å². The Kier molecular flexibility index (Phi) is 4.24. The number of carbonyl (C=O) groups is 2. The number of rotatable bonds is 4. The fraction of sp³-hybridized carbons (Fsp3) is 0.389. The molecule has 2 N–H and O–H groups in total. The van der Waals surface area contributed by atoms with Gasteiger partial charge in [-0.2, -0.15) is 5.10 Å². The van der Waals surface area contributed by atoms with Crippen molar-refractivity contribution in [3.8, 4) is 5.75 Å². The van der Waals surface area contributed by atoms with Crippen LogP contribution in [-0.4, -0.2) is 27.2 Å². The summed E-state index contributed by atoms with van der Waals surface area (Å²) in [7, 11) is 0. The molecule has 132 valence electrons. The summed E-state index contributed by atoms with van der Waals surface area (Å²) in [4.78, 5) is 25.1. The van der Waals surface area contributed by atoms with Crippen molar-refractivity contribution in [1.29, 1.82) is 0 Å². The number of nitrogens with one attached hydrogen (secondary N) is 2. The van der Waals surface area contributed by atoms with Crippen LogP contribution in [0.5, 0.6) is 5.75 Å². The number of nitrogens with zero attached hydrogens (tertiary/aromatic N) is 2. The Morgan fingerprint density at radius 2 is 2.16 bits per heavy atom. The van der Waals surface area contributed by atoms with E-state index in [-0.39, 0.29) is 6.54 Å². The van der Waals surface area contributed by atoms with E-state index in [1.807, 2.05) is 39.1 Å². The van der Waals surface area contributed by atoms with Gasteiger partial charge in [0.05, 0.1) is 11.4 Å². The molecule has 0 radical (unpaired) electrons. The summed E-state index contributed by atoms with van der Waals surface area (Å²) in [5.41, 5.74) is 1.72. The Morgan fingerprint density at radius 1 is 1.40 bits per heavy atom. The topological polar surface area (TPSA) is 85.3 Å². The normalized spacial score (nSPS) is 19.0. The molecule has 25 heavy (non-hydrogen) atoms. The van der Waals surface area contributed by atoms with Gasteiger partial charge >= 0.3 is 0 Å². The molecule has 7 nitrogen and oxygen atoms in total. The second-order valence-corrected chi connectivity index (χ2v) is 6.37. The minimum absolute atomic E-state index is 0.289. The molecular weight excluding hydrogens is 320 g/mol. The lowest BCUT2D eigenvalue weighted by Gasteiger charge is -2.33. The predicted molar refractivity (Wildman–Crippen MR) is 93.3 cm³/mol. The zero-order valence-electron chi connectivity index (χ0n) is 14.8. The molecule has 3 rings (SSSR count). The number of hydrogen-bond acceptors (Lipinski definition) is 4. The van der Waals surface area contributed by atoms with Gasteiger partial charge in [0.1, 0.15) is 5.75 Å². The van der Waals surface area contributed by atoms with E-state index in [4.69, 9.17) is 4.74 Å². The van der Waals surface area contributed by atoms with Crippen molar-refractivity contribution in [3.05, 3.63) is 41.2 Å². The summed E-state index contributed by atoms with van der Waals surface area (Å²) < 4.78 is 7.56. The molecule has 0 saturated heterocycles. The van der Waals surface area contributed by atoms with Crippen LogP contribution in [0.15, 0.2) is 24.4 Å². The first-order valence-electron chi connectivity index (χ1n) is 8.26. The van der Waals surface area contributed by atoms with Gasteiger partial charge in [0, 0.05) is 24.8 Å². The van der Waals surface area contributed by atoms with E-state index in [2.05, 4.69) is 15.7 Å². The molecule has 2 aromatic rings. The monoisotopic (exact) mass is 342 g/mol. The number of hydrogen-bond donors (Lipinski definition) is 2. The lowest BCUT2D eigenvalue weighted by Crippen LogP contribution is -2.58. The highest BCUT2D eigenvalue weighted by atomic mass is 16.5.